The molecule has 2 aromatic rings. The van der Waals surface area contributed by atoms with E-state index in [9.17, 15) is 0 Å². The monoisotopic (exact) mass is 320 g/mol. The minimum atomic E-state index is 0.666. The van der Waals surface area contributed by atoms with Crippen LogP contribution in [0.4, 0.5) is 5.69 Å². The first kappa shape index (κ1) is 13.1. The number of aryl methyl sites for hydroxylation is 1. The van der Waals surface area contributed by atoms with E-state index in [-0.39, 0.29) is 0 Å². The second-order valence-corrected chi connectivity index (χ2v) is 5.79. The number of rotatable bonds is 4. The molecule has 2 nitrogen and oxygen atoms in total. The fourth-order valence-corrected chi connectivity index (χ4v) is 3.05. The first-order chi connectivity index (χ1) is 8.74. The molecule has 0 spiro atoms. The van der Waals surface area contributed by atoms with Gasteiger partial charge in [0.25, 0.3) is 0 Å². The molecule has 0 unspecified atom stereocenters. The fraction of sp³-hybridized carbons (Fsp3) is 0.214. The molecular weight excluding hydrogens is 308 g/mol. The number of nitrogens with one attached hydrogen (secondary N) is 1. The number of anilines is 1. The Morgan fingerprint density at radius 2 is 2.22 bits per heavy atom. The highest BCUT2D eigenvalue weighted by atomic mass is 79.9. The summed E-state index contributed by atoms with van der Waals surface area (Å²) in [6.45, 7) is 2.93. The number of nitrogens with zero attached hydrogens (tertiary/aromatic N) is 1. The summed E-state index contributed by atoms with van der Waals surface area (Å²) in [4.78, 5) is 1.34. The van der Waals surface area contributed by atoms with Crippen LogP contribution in [0.25, 0.3) is 0 Å². The SMILES string of the molecule is CCc1ccsc1CNc1ccc(Br)cc1C#N. The molecule has 1 aromatic heterocycles. The molecule has 4 heteroatoms. The summed E-state index contributed by atoms with van der Waals surface area (Å²) in [5.74, 6) is 0. The number of benzene rings is 1. The largest absolute Gasteiger partial charge is 0.379 e. The minimum absolute atomic E-state index is 0.666. The predicted molar refractivity (Wildman–Crippen MR) is 79.9 cm³/mol. The highest BCUT2D eigenvalue weighted by Crippen LogP contribution is 2.23. The molecule has 0 aliphatic heterocycles. The van der Waals surface area contributed by atoms with Gasteiger partial charge in [0.1, 0.15) is 6.07 Å². The van der Waals surface area contributed by atoms with Gasteiger partial charge in [-0.05, 0) is 41.6 Å². The lowest BCUT2D eigenvalue weighted by Crippen LogP contribution is -2.01. The van der Waals surface area contributed by atoms with Gasteiger partial charge < -0.3 is 5.32 Å². The van der Waals surface area contributed by atoms with Crippen LogP contribution in [0.3, 0.4) is 0 Å². The van der Waals surface area contributed by atoms with E-state index in [1.165, 1.54) is 10.4 Å². The molecule has 0 saturated heterocycles. The Bertz CT molecular complexity index is 584. The average Bonchev–Trinajstić information content (AvgIpc) is 2.84. The van der Waals surface area contributed by atoms with Crippen LogP contribution >= 0.6 is 27.3 Å². The van der Waals surface area contributed by atoms with Crippen molar-refractivity contribution in [2.24, 2.45) is 0 Å². The Hall–Kier alpha value is -1.31. The smallest absolute Gasteiger partial charge is 0.101 e. The number of hydrogen-bond acceptors (Lipinski definition) is 3. The number of nitriles is 1. The number of thiophene rings is 1. The van der Waals surface area contributed by atoms with Crippen LogP contribution < -0.4 is 5.32 Å². The molecule has 0 aliphatic carbocycles. The molecule has 0 fully saturated rings. The molecule has 0 atom stereocenters. The van der Waals surface area contributed by atoms with Gasteiger partial charge >= 0.3 is 0 Å². The third kappa shape index (κ3) is 2.92. The summed E-state index contributed by atoms with van der Waals surface area (Å²) in [6, 6.07) is 10.1. The number of hydrogen-bond donors (Lipinski definition) is 1. The summed E-state index contributed by atoms with van der Waals surface area (Å²) in [5, 5.41) is 14.5. The molecule has 0 radical (unpaired) electrons. The summed E-state index contributed by atoms with van der Waals surface area (Å²) >= 11 is 5.13. The van der Waals surface area contributed by atoms with E-state index >= 15 is 0 Å². The molecular formula is C14H13BrN2S. The zero-order chi connectivity index (χ0) is 13.0. The second-order valence-electron chi connectivity index (χ2n) is 3.88. The zero-order valence-electron chi connectivity index (χ0n) is 10.0. The molecule has 92 valence electrons. The maximum atomic E-state index is 9.09. The fourth-order valence-electron chi connectivity index (χ4n) is 1.78. The highest BCUT2D eigenvalue weighted by molar-refractivity contribution is 9.10. The van der Waals surface area contributed by atoms with Gasteiger partial charge in [-0.2, -0.15) is 5.26 Å². The van der Waals surface area contributed by atoms with Gasteiger partial charge in [-0.25, -0.2) is 0 Å². The normalized spacial score (nSPS) is 10.1. The van der Waals surface area contributed by atoms with Gasteiger partial charge in [-0.1, -0.05) is 22.9 Å². The molecule has 0 bridgehead atoms. The van der Waals surface area contributed by atoms with Crippen molar-refractivity contribution in [3.63, 3.8) is 0 Å². The van der Waals surface area contributed by atoms with E-state index in [2.05, 4.69) is 45.7 Å². The van der Waals surface area contributed by atoms with Gasteiger partial charge in [0.15, 0.2) is 0 Å². The average molecular weight is 321 g/mol. The first-order valence-electron chi connectivity index (χ1n) is 5.73. The number of halogens is 1. The van der Waals surface area contributed by atoms with Crippen LogP contribution in [-0.4, -0.2) is 0 Å². The second kappa shape index (κ2) is 6.03. The van der Waals surface area contributed by atoms with Gasteiger partial charge in [0, 0.05) is 15.9 Å². The van der Waals surface area contributed by atoms with Crippen LogP contribution in [-0.2, 0) is 13.0 Å². The lowest BCUT2D eigenvalue weighted by Gasteiger charge is -2.08. The predicted octanol–water partition coefficient (Wildman–Crippen LogP) is 4.56. The van der Waals surface area contributed by atoms with E-state index in [1.807, 2.05) is 18.2 Å². The van der Waals surface area contributed by atoms with E-state index in [4.69, 9.17) is 5.26 Å². The quantitative estimate of drug-likeness (QED) is 0.896. The molecule has 1 heterocycles. The lowest BCUT2D eigenvalue weighted by atomic mass is 10.2. The molecule has 0 amide bonds. The van der Waals surface area contributed by atoms with Crippen molar-refractivity contribution in [1.29, 1.82) is 5.26 Å². The summed E-state index contributed by atoms with van der Waals surface area (Å²) < 4.78 is 0.926. The van der Waals surface area contributed by atoms with E-state index in [0.717, 1.165) is 23.1 Å². The third-order valence-electron chi connectivity index (χ3n) is 2.76. The Kier molecular flexibility index (Phi) is 4.40. The first-order valence-corrected chi connectivity index (χ1v) is 7.40. The van der Waals surface area contributed by atoms with Crippen molar-refractivity contribution < 1.29 is 0 Å². The Labute approximate surface area is 119 Å². The van der Waals surface area contributed by atoms with Crippen molar-refractivity contribution in [2.75, 3.05) is 5.32 Å². The summed E-state index contributed by atoms with van der Waals surface area (Å²) in [6.07, 6.45) is 1.05. The molecule has 1 aromatic carbocycles. The van der Waals surface area contributed by atoms with Crippen molar-refractivity contribution in [3.05, 3.63) is 50.1 Å². The Balaban J connectivity index is 2.14. The molecule has 18 heavy (non-hydrogen) atoms. The molecule has 2 rings (SSSR count). The van der Waals surface area contributed by atoms with Gasteiger partial charge in [-0.15, -0.1) is 11.3 Å². The highest BCUT2D eigenvalue weighted by Gasteiger charge is 2.05. The van der Waals surface area contributed by atoms with Crippen molar-refractivity contribution >= 4 is 33.0 Å². The Morgan fingerprint density at radius 3 is 2.94 bits per heavy atom. The van der Waals surface area contributed by atoms with Crippen LogP contribution in [0.1, 0.15) is 22.9 Å². The van der Waals surface area contributed by atoms with Gasteiger partial charge in [-0.3, -0.25) is 0 Å². The van der Waals surface area contributed by atoms with Crippen LogP contribution in [0, 0.1) is 11.3 Å². The van der Waals surface area contributed by atoms with Crippen molar-refractivity contribution in [1.82, 2.24) is 0 Å². The lowest BCUT2D eigenvalue weighted by molar-refractivity contribution is 1.08. The van der Waals surface area contributed by atoms with Crippen LogP contribution in [0.5, 0.6) is 0 Å². The van der Waals surface area contributed by atoms with Crippen molar-refractivity contribution in [3.8, 4) is 6.07 Å². The maximum absolute atomic E-state index is 9.09. The topological polar surface area (TPSA) is 35.8 Å². The van der Waals surface area contributed by atoms with Crippen LogP contribution in [0.2, 0.25) is 0 Å². The molecule has 0 saturated carbocycles. The van der Waals surface area contributed by atoms with E-state index in [1.54, 1.807) is 11.3 Å². The van der Waals surface area contributed by atoms with Crippen LogP contribution in [0.15, 0.2) is 34.1 Å². The Morgan fingerprint density at radius 1 is 1.39 bits per heavy atom. The van der Waals surface area contributed by atoms with Gasteiger partial charge in [0.2, 0.25) is 0 Å². The summed E-state index contributed by atoms with van der Waals surface area (Å²) in [5.41, 5.74) is 2.93. The molecule has 0 aliphatic rings. The standard InChI is InChI=1S/C14H13BrN2S/c1-2-10-5-6-18-14(10)9-17-13-4-3-12(15)7-11(13)8-16/h3-7,17H,2,9H2,1H3. The summed E-state index contributed by atoms with van der Waals surface area (Å²) in [7, 11) is 0. The van der Waals surface area contributed by atoms with Crippen molar-refractivity contribution in [2.45, 2.75) is 19.9 Å². The van der Waals surface area contributed by atoms with E-state index in [0.29, 0.717) is 5.56 Å². The minimum Gasteiger partial charge on any atom is -0.379 e. The maximum Gasteiger partial charge on any atom is 0.101 e. The zero-order valence-corrected chi connectivity index (χ0v) is 12.4. The van der Waals surface area contributed by atoms with E-state index < -0.39 is 0 Å². The third-order valence-corrected chi connectivity index (χ3v) is 4.22. The van der Waals surface area contributed by atoms with Gasteiger partial charge in [0.05, 0.1) is 11.3 Å². The molecule has 1 N–H and O–H groups in total.